The molecule has 0 radical (unpaired) electrons. The quantitative estimate of drug-likeness (QED) is 0.661. The zero-order valence-corrected chi connectivity index (χ0v) is 18.1. The Hall–Kier alpha value is -3.33. The van der Waals surface area contributed by atoms with E-state index in [9.17, 15) is 9.59 Å². The number of likely N-dealkylation sites (N-methyl/N-ethyl adjacent to an activating group) is 1. The third-order valence-electron chi connectivity index (χ3n) is 5.36. The Kier molecular flexibility index (Phi) is 5.94. The van der Waals surface area contributed by atoms with E-state index < -0.39 is 6.04 Å². The van der Waals surface area contributed by atoms with Gasteiger partial charge in [0.1, 0.15) is 11.8 Å². The monoisotopic (exact) mass is 441 g/mol. The molecule has 2 heterocycles. The van der Waals surface area contributed by atoms with Gasteiger partial charge in [-0.2, -0.15) is 0 Å². The molecule has 4 rings (SSSR count). The molecule has 2 aromatic carbocycles. The largest absolute Gasteiger partial charge is 0.497 e. The molecule has 31 heavy (non-hydrogen) atoms. The molecule has 0 bridgehead atoms. The van der Waals surface area contributed by atoms with Crippen LogP contribution in [0, 0.1) is 0 Å². The topological polar surface area (TPSA) is 80.3 Å². The highest BCUT2D eigenvalue weighted by Crippen LogP contribution is 2.33. The highest BCUT2D eigenvalue weighted by Gasteiger charge is 2.41. The van der Waals surface area contributed by atoms with E-state index in [1.807, 2.05) is 23.1 Å². The Morgan fingerprint density at radius 2 is 1.94 bits per heavy atom. The fourth-order valence-corrected chi connectivity index (χ4v) is 3.94. The highest BCUT2D eigenvalue weighted by atomic mass is 32.1. The number of nitrogens with one attached hydrogen (secondary N) is 1. The molecule has 2 aliphatic rings. The predicted octanol–water partition coefficient (Wildman–Crippen LogP) is 2.42. The van der Waals surface area contributed by atoms with Crippen molar-refractivity contribution in [3.05, 3.63) is 48.0 Å². The number of thiocarbonyl (C=S) groups is 1. The number of amides is 2. The number of methoxy groups -OCH3 is 1. The summed E-state index contributed by atoms with van der Waals surface area (Å²) in [6.45, 7) is 0.731. The van der Waals surface area contributed by atoms with Gasteiger partial charge in [-0.3, -0.25) is 14.5 Å². The second-order valence-electron chi connectivity index (χ2n) is 7.31. The molecule has 162 valence electrons. The van der Waals surface area contributed by atoms with Crippen molar-refractivity contribution in [2.24, 2.45) is 0 Å². The van der Waals surface area contributed by atoms with Crippen LogP contribution >= 0.6 is 12.2 Å². The van der Waals surface area contributed by atoms with Crippen LogP contribution in [-0.2, 0) is 16.0 Å². The Bertz CT molecular complexity index is 1010. The first-order chi connectivity index (χ1) is 15.0. The van der Waals surface area contributed by atoms with Gasteiger partial charge in [0.25, 0.3) is 5.91 Å². The van der Waals surface area contributed by atoms with Crippen LogP contribution in [0.15, 0.2) is 42.5 Å². The minimum atomic E-state index is -0.634. The third kappa shape index (κ3) is 4.41. The zero-order valence-electron chi connectivity index (χ0n) is 17.3. The van der Waals surface area contributed by atoms with Crippen LogP contribution in [-0.4, -0.2) is 60.3 Å². The van der Waals surface area contributed by atoms with E-state index >= 15 is 0 Å². The molecule has 1 atom stereocenters. The molecular formula is C22H23N3O5S. The van der Waals surface area contributed by atoms with Crippen LogP contribution in [0.5, 0.6) is 17.2 Å². The van der Waals surface area contributed by atoms with Crippen molar-refractivity contribution >= 4 is 34.8 Å². The minimum Gasteiger partial charge on any atom is -0.497 e. The van der Waals surface area contributed by atoms with Crippen molar-refractivity contribution in [3.8, 4) is 17.2 Å². The van der Waals surface area contributed by atoms with E-state index in [2.05, 4.69) is 5.32 Å². The van der Waals surface area contributed by atoms with Gasteiger partial charge in [0, 0.05) is 19.3 Å². The third-order valence-corrected chi connectivity index (χ3v) is 5.86. The molecule has 1 unspecified atom stereocenters. The summed E-state index contributed by atoms with van der Waals surface area (Å²) in [5, 5.41) is 3.25. The lowest BCUT2D eigenvalue weighted by Gasteiger charge is -2.23. The number of nitrogens with zero attached hydrogens (tertiary/aromatic N) is 2. The van der Waals surface area contributed by atoms with Crippen LogP contribution in [0.1, 0.15) is 12.0 Å². The Morgan fingerprint density at radius 1 is 1.19 bits per heavy atom. The maximum atomic E-state index is 12.7. The van der Waals surface area contributed by atoms with Crippen LogP contribution in [0.2, 0.25) is 0 Å². The number of anilines is 1. The van der Waals surface area contributed by atoms with E-state index in [-0.39, 0.29) is 25.0 Å². The van der Waals surface area contributed by atoms with Gasteiger partial charge in [0.05, 0.1) is 13.5 Å². The molecule has 9 heteroatoms. The summed E-state index contributed by atoms with van der Waals surface area (Å²) >= 11 is 5.46. The standard InChI is InChI=1S/C22H23N3O5S/c1-24-21(27)17(12-20(26)23-15-4-6-16(28-2)7-5-15)25(22(24)31)10-9-14-3-8-18-19(11-14)30-13-29-18/h3-8,11,17H,9-10,12-13H2,1-2H3,(H,23,26). The fourth-order valence-electron chi connectivity index (χ4n) is 3.63. The van der Waals surface area contributed by atoms with Gasteiger partial charge in [-0.15, -0.1) is 0 Å². The average molecular weight is 442 g/mol. The van der Waals surface area contributed by atoms with Crippen molar-refractivity contribution < 1.29 is 23.8 Å². The minimum absolute atomic E-state index is 0.0104. The van der Waals surface area contributed by atoms with E-state index in [1.165, 1.54) is 4.90 Å². The van der Waals surface area contributed by atoms with Gasteiger partial charge < -0.3 is 24.4 Å². The van der Waals surface area contributed by atoms with Crippen molar-refractivity contribution in [3.63, 3.8) is 0 Å². The summed E-state index contributed by atoms with van der Waals surface area (Å²) < 4.78 is 15.9. The molecule has 0 aromatic heterocycles. The second-order valence-corrected chi connectivity index (χ2v) is 7.67. The number of fused-ring (bicyclic) bond motifs is 1. The lowest BCUT2D eigenvalue weighted by atomic mass is 10.1. The first-order valence-corrected chi connectivity index (χ1v) is 10.3. The number of carbonyl (C=O) groups excluding carboxylic acids is 2. The summed E-state index contributed by atoms with van der Waals surface area (Å²) in [4.78, 5) is 28.6. The molecule has 1 N–H and O–H groups in total. The Morgan fingerprint density at radius 3 is 2.68 bits per heavy atom. The van der Waals surface area contributed by atoms with Crippen LogP contribution in [0.3, 0.4) is 0 Å². The maximum absolute atomic E-state index is 12.7. The highest BCUT2D eigenvalue weighted by molar-refractivity contribution is 7.80. The predicted molar refractivity (Wildman–Crippen MR) is 118 cm³/mol. The molecule has 0 saturated carbocycles. The van der Waals surface area contributed by atoms with Crippen LogP contribution < -0.4 is 19.5 Å². The van der Waals surface area contributed by atoms with Gasteiger partial charge in [-0.25, -0.2) is 0 Å². The average Bonchev–Trinajstić information content (AvgIpc) is 3.32. The van der Waals surface area contributed by atoms with Gasteiger partial charge in [0.2, 0.25) is 12.7 Å². The first-order valence-electron chi connectivity index (χ1n) is 9.87. The van der Waals surface area contributed by atoms with Crippen molar-refractivity contribution in [1.29, 1.82) is 0 Å². The molecule has 0 aliphatic carbocycles. The number of hydrogen-bond acceptors (Lipinski definition) is 6. The van der Waals surface area contributed by atoms with Crippen LogP contribution in [0.25, 0.3) is 0 Å². The molecular weight excluding hydrogens is 418 g/mol. The van der Waals surface area contributed by atoms with Gasteiger partial charge >= 0.3 is 0 Å². The van der Waals surface area contributed by atoms with E-state index in [1.54, 1.807) is 38.4 Å². The molecule has 2 aromatic rings. The van der Waals surface area contributed by atoms with Gasteiger partial charge in [0.15, 0.2) is 16.6 Å². The lowest BCUT2D eigenvalue weighted by molar-refractivity contribution is -0.130. The molecule has 2 aliphatic heterocycles. The maximum Gasteiger partial charge on any atom is 0.251 e. The Balaban J connectivity index is 1.41. The summed E-state index contributed by atoms with van der Waals surface area (Å²) in [6.07, 6.45) is 0.658. The zero-order chi connectivity index (χ0) is 22.0. The van der Waals surface area contributed by atoms with Crippen molar-refractivity contribution in [2.45, 2.75) is 18.9 Å². The number of ether oxygens (including phenoxy) is 3. The summed E-state index contributed by atoms with van der Waals surface area (Å²) in [5.74, 6) is 1.70. The molecule has 8 nitrogen and oxygen atoms in total. The number of carbonyl (C=O) groups is 2. The second kappa shape index (κ2) is 8.81. The summed E-state index contributed by atoms with van der Waals surface area (Å²) in [5.41, 5.74) is 1.68. The fraction of sp³-hybridized carbons (Fsp3) is 0.318. The Labute approximate surface area is 185 Å². The van der Waals surface area contributed by atoms with Crippen molar-refractivity contribution in [2.75, 3.05) is 32.8 Å². The van der Waals surface area contributed by atoms with E-state index in [4.69, 9.17) is 26.4 Å². The van der Waals surface area contributed by atoms with Gasteiger partial charge in [-0.05, 0) is 60.6 Å². The summed E-state index contributed by atoms with van der Waals surface area (Å²) in [6, 6.07) is 12.2. The number of benzene rings is 2. The van der Waals surface area contributed by atoms with Gasteiger partial charge in [-0.1, -0.05) is 6.07 Å². The first kappa shape index (κ1) is 20.9. The molecule has 2 amide bonds. The van der Waals surface area contributed by atoms with Crippen LogP contribution in [0.4, 0.5) is 5.69 Å². The number of rotatable bonds is 7. The molecule has 0 spiro atoms. The summed E-state index contributed by atoms with van der Waals surface area (Å²) in [7, 11) is 3.22. The lowest BCUT2D eigenvalue weighted by Crippen LogP contribution is -2.39. The van der Waals surface area contributed by atoms with Crippen molar-refractivity contribution in [1.82, 2.24) is 9.80 Å². The molecule has 1 saturated heterocycles. The van der Waals surface area contributed by atoms with E-state index in [0.29, 0.717) is 35.3 Å². The molecule has 1 fully saturated rings. The number of hydrogen-bond donors (Lipinski definition) is 1. The smallest absolute Gasteiger partial charge is 0.251 e. The van der Waals surface area contributed by atoms with E-state index in [0.717, 1.165) is 11.3 Å². The normalized spacial score (nSPS) is 17.3. The SMILES string of the molecule is COc1ccc(NC(=O)CC2C(=O)N(C)C(=S)N2CCc2ccc3c(c2)OCO3)cc1.